The summed E-state index contributed by atoms with van der Waals surface area (Å²) in [7, 11) is 0. The first-order chi connectivity index (χ1) is 7.20. The molecule has 1 atom stereocenters. The average molecular weight is 229 g/mol. The molecule has 1 aromatic heterocycles. The van der Waals surface area contributed by atoms with Gasteiger partial charge >= 0.3 is 0 Å². The smallest absolute Gasteiger partial charge is 0.165 e. The molecule has 0 aliphatic heterocycles. The maximum atomic E-state index is 9.12. The molecule has 1 unspecified atom stereocenters. The maximum Gasteiger partial charge on any atom is 0.165 e. The second kappa shape index (κ2) is 6.15. The van der Waals surface area contributed by atoms with Crippen molar-refractivity contribution in [2.24, 2.45) is 5.73 Å². The van der Waals surface area contributed by atoms with E-state index in [1.54, 1.807) is 18.0 Å². The number of rotatable bonds is 7. The van der Waals surface area contributed by atoms with E-state index in [0.29, 0.717) is 0 Å². The van der Waals surface area contributed by atoms with Crippen molar-refractivity contribution in [3.8, 4) is 0 Å². The summed E-state index contributed by atoms with van der Waals surface area (Å²) in [6, 6.07) is 0. The van der Waals surface area contributed by atoms with Gasteiger partial charge in [-0.15, -0.1) is 0 Å². The quantitative estimate of drug-likeness (QED) is 0.488. The van der Waals surface area contributed by atoms with Crippen molar-refractivity contribution in [3.63, 3.8) is 0 Å². The Bertz CT molecular complexity index is 260. The number of aromatic amines is 1. The van der Waals surface area contributed by atoms with Crippen molar-refractivity contribution in [1.29, 1.82) is 0 Å². The molecule has 86 valence electrons. The molecule has 0 aliphatic carbocycles. The lowest BCUT2D eigenvalue weighted by Crippen LogP contribution is -2.42. The summed E-state index contributed by atoms with van der Waals surface area (Å²) in [4.78, 5) is 7.15. The Hall–Kier alpha value is -0.520. The van der Waals surface area contributed by atoms with E-state index in [9.17, 15) is 0 Å². The first-order valence-corrected chi connectivity index (χ1v) is 6.20. The highest BCUT2D eigenvalue weighted by atomic mass is 32.2. The van der Waals surface area contributed by atoms with Crippen LogP contribution in [0.2, 0.25) is 0 Å². The molecule has 4 N–H and O–H groups in total. The number of aromatic nitrogens is 2. The molecule has 0 amide bonds. The van der Waals surface area contributed by atoms with Crippen LogP contribution in [0.3, 0.4) is 0 Å². The third-order valence-corrected chi connectivity index (χ3v) is 3.54. The number of aliphatic hydroxyl groups is 1. The zero-order valence-corrected chi connectivity index (χ0v) is 9.89. The summed E-state index contributed by atoms with van der Waals surface area (Å²) in [6.07, 6.45) is 6.23. The minimum atomic E-state index is -0.399. The number of H-pyrrole nitrogens is 1. The summed E-state index contributed by atoms with van der Waals surface area (Å²) >= 11 is 1.68. The Balaban J connectivity index is 2.16. The molecule has 0 saturated carbocycles. The molecule has 4 nitrogen and oxygen atoms in total. The fourth-order valence-electron chi connectivity index (χ4n) is 1.29. The highest BCUT2D eigenvalue weighted by Gasteiger charge is 2.20. The molecule has 0 fully saturated rings. The first kappa shape index (κ1) is 12.5. The van der Waals surface area contributed by atoms with Gasteiger partial charge in [-0.3, -0.25) is 0 Å². The SMILES string of the molecule is CCC(N)(CO)CCCSc1ncc[nH]1. The first-order valence-electron chi connectivity index (χ1n) is 5.22. The van der Waals surface area contributed by atoms with Crippen molar-refractivity contribution >= 4 is 11.8 Å². The van der Waals surface area contributed by atoms with Gasteiger partial charge in [0.05, 0.1) is 6.61 Å². The van der Waals surface area contributed by atoms with Crippen LogP contribution < -0.4 is 5.73 Å². The lowest BCUT2D eigenvalue weighted by molar-refractivity contribution is 0.182. The van der Waals surface area contributed by atoms with Crippen LogP contribution in [0, 0.1) is 0 Å². The fraction of sp³-hybridized carbons (Fsp3) is 0.700. The van der Waals surface area contributed by atoms with Gasteiger partial charge in [-0.2, -0.15) is 0 Å². The van der Waals surface area contributed by atoms with Gasteiger partial charge in [0.2, 0.25) is 0 Å². The molecule has 15 heavy (non-hydrogen) atoms. The number of nitrogens with two attached hydrogens (primary N) is 1. The van der Waals surface area contributed by atoms with E-state index >= 15 is 0 Å². The minimum Gasteiger partial charge on any atom is -0.394 e. The molecule has 0 aromatic carbocycles. The van der Waals surface area contributed by atoms with Gasteiger partial charge in [0.25, 0.3) is 0 Å². The van der Waals surface area contributed by atoms with E-state index in [1.807, 2.05) is 13.1 Å². The molecule has 1 aromatic rings. The Morgan fingerprint density at radius 3 is 3.00 bits per heavy atom. The molecule has 0 saturated heterocycles. The summed E-state index contributed by atoms with van der Waals surface area (Å²) in [5, 5.41) is 10.1. The number of hydrogen-bond acceptors (Lipinski definition) is 4. The van der Waals surface area contributed by atoms with Gasteiger partial charge in [-0.1, -0.05) is 18.7 Å². The lowest BCUT2D eigenvalue weighted by Gasteiger charge is -2.25. The number of aliphatic hydroxyl groups excluding tert-OH is 1. The number of thioether (sulfide) groups is 1. The third-order valence-electron chi connectivity index (χ3n) is 2.55. The van der Waals surface area contributed by atoms with E-state index in [0.717, 1.165) is 30.2 Å². The maximum absolute atomic E-state index is 9.12. The highest BCUT2D eigenvalue weighted by Crippen LogP contribution is 2.18. The molecule has 0 bridgehead atoms. The van der Waals surface area contributed by atoms with Crippen molar-refractivity contribution in [2.45, 2.75) is 36.9 Å². The van der Waals surface area contributed by atoms with Crippen molar-refractivity contribution in [2.75, 3.05) is 12.4 Å². The molecule has 0 radical (unpaired) electrons. The Morgan fingerprint density at radius 1 is 1.67 bits per heavy atom. The average Bonchev–Trinajstić information content (AvgIpc) is 2.77. The van der Waals surface area contributed by atoms with Gasteiger partial charge in [0.1, 0.15) is 0 Å². The molecule has 5 heteroatoms. The molecule has 0 spiro atoms. The predicted octanol–water partition coefficient (Wildman–Crippen LogP) is 1.38. The molecular weight excluding hydrogens is 210 g/mol. The van der Waals surface area contributed by atoms with Crippen molar-refractivity contribution < 1.29 is 5.11 Å². The van der Waals surface area contributed by atoms with E-state index in [4.69, 9.17) is 10.8 Å². The van der Waals surface area contributed by atoms with Gasteiger partial charge in [-0.25, -0.2) is 4.98 Å². The van der Waals surface area contributed by atoms with E-state index in [-0.39, 0.29) is 6.61 Å². The van der Waals surface area contributed by atoms with Gasteiger partial charge < -0.3 is 15.8 Å². The van der Waals surface area contributed by atoms with Gasteiger partial charge in [0, 0.05) is 23.7 Å². The van der Waals surface area contributed by atoms with Crippen molar-refractivity contribution in [3.05, 3.63) is 12.4 Å². The predicted molar refractivity (Wildman–Crippen MR) is 62.8 cm³/mol. The molecular formula is C10H19N3OS. The Labute approximate surface area is 94.7 Å². The fourth-order valence-corrected chi connectivity index (χ4v) is 2.06. The zero-order valence-electron chi connectivity index (χ0n) is 9.07. The number of hydrogen-bond donors (Lipinski definition) is 3. The second-order valence-corrected chi connectivity index (χ2v) is 4.80. The summed E-state index contributed by atoms with van der Waals surface area (Å²) in [6.45, 7) is 2.07. The monoisotopic (exact) mass is 229 g/mol. The molecule has 0 aliphatic rings. The van der Waals surface area contributed by atoms with E-state index in [2.05, 4.69) is 9.97 Å². The largest absolute Gasteiger partial charge is 0.394 e. The van der Waals surface area contributed by atoms with E-state index < -0.39 is 5.54 Å². The Morgan fingerprint density at radius 2 is 2.47 bits per heavy atom. The number of nitrogens with zero attached hydrogens (tertiary/aromatic N) is 1. The normalized spacial score (nSPS) is 15.1. The number of imidazole rings is 1. The van der Waals surface area contributed by atoms with Gasteiger partial charge in [0.15, 0.2) is 5.16 Å². The van der Waals surface area contributed by atoms with Crippen molar-refractivity contribution in [1.82, 2.24) is 9.97 Å². The summed E-state index contributed by atoms with van der Waals surface area (Å²) in [5.41, 5.74) is 5.57. The molecule has 1 heterocycles. The zero-order chi connectivity index (χ0) is 11.1. The van der Waals surface area contributed by atoms with Crippen LogP contribution in [0.15, 0.2) is 17.6 Å². The van der Waals surface area contributed by atoms with Crippen LogP contribution >= 0.6 is 11.8 Å². The van der Waals surface area contributed by atoms with E-state index in [1.165, 1.54) is 0 Å². The third kappa shape index (κ3) is 4.24. The summed E-state index contributed by atoms with van der Waals surface area (Å²) < 4.78 is 0. The van der Waals surface area contributed by atoms with Gasteiger partial charge in [-0.05, 0) is 19.3 Å². The van der Waals surface area contributed by atoms with Crippen LogP contribution in [0.5, 0.6) is 0 Å². The van der Waals surface area contributed by atoms with Crippen LogP contribution in [-0.4, -0.2) is 33.0 Å². The van der Waals surface area contributed by atoms with Crippen LogP contribution in [-0.2, 0) is 0 Å². The topological polar surface area (TPSA) is 74.9 Å². The van der Waals surface area contributed by atoms with Crippen LogP contribution in [0.25, 0.3) is 0 Å². The standard InChI is InChI=1S/C10H19N3OS/c1-2-10(11,8-14)4-3-7-15-9-12-5-6-13-9/h5-6,14H,2-4,7-8,11H2,1H3,(H,12,13). The highest BCUT2D eigenvalue weighted by molar-refractivity contribution is 7.99. The van der Waals surface area contributed by atoms with Crippen LogP contribution in [0.1, 0.15) is 26.2 Å². The second-order valence-electron chi connectivity index (χ2n) is 3.72. The summed E-state index contributed by atoms with van der Waals surface area (Å²) in [5.74, 6) is 0.979. The Kier molecular flexibility index (Phi) is 5.14. The lowest BCUT2D eigenvalue weighted by atomic mass is 9.93. The number of nitrogens with one attached hydrogen (secondary N) is 1. The minimum absolute atomic E-state index is 0.0644. The molecule has 1 rings (SSSR count). The van der Waals surface area contributed by atoms with Crippen LogP contribution in [0.4, 0.5) is 0 Å².